The molecule has 0 saturated carbocycles. The Bertz CT molecular complexity index is 1540. The molecule has 0 unspecified atom stereocenters. The number of para-hydroxylation sites is 2. The number of hydrazone groups is 1. The number of allylic oxidation sites excluding steroid dienone is 1. The molecule has 0 spiro atoms. The minimum Gasteiger partial charge on any atom is -0.493 e. The summed E-state index contributed by atoms with van der Waals surface area (Å²) in [7, 11) is 0. The molecular weight excluding hydrogens is 470 g/mol. The molecule has 0 radical (unpaired) electrons. The van der Waals surface area contributed by atoms with Crippen LogP contribution in [0.2, 0.25) is 0 Å². The van der Waals surface area contributed by atoms with Crippen LogP contribution in [0.4, 0.5) is 11.4 Å². The highest BCUT2D eigenvalue weighted by Gasteiger charge is 2.18. The van der Waals surface area contributed by atoms with Gasteiger partial charge in [-0.15, -0.1) is 10.2 Å². The molecule has 3 aromatic carbocycles. The van der Waals surface area contributed by atoms with E-state index in [-0.39, 0.29) is 11.0 Å². The quantitative estimate of drug-likeness (QED) is 0.116. The average molecular weight is 492 g/mol. The number of anilines is 1. The molecular formula is C27H21N7OS. The molecule has 176 valence electrons. The number of hydrogen-bond acceptors (Lipinski definition) is 6. The van der Waals surface area contributed by atoms with Crippen molar-refractivity contribution in [1.82, 2.24) is 9.55 Å². The lowest BCUT2D eigenvalue weighted by atomic mass is 10.1. The van der Waals surface area contributed by atoms with Gasteiger partial charge in [0.25, 0.3) is 0 Å². The number of nitrogens with one attached hydrogen (secondary N) is 1. The third-order valence-corrected chi connectivity index (χ3v) is 5.68. The number of amidine groups is 1. The summed E-state index contributed by atoms with van der Waals surface area (Å²) in [6, 6.07) is 26.7. The van der Waals surface area contributed by atoms with Gasteiger partial charge in [-0.3, -0.25) is 10.4 Å². The first-order valence-corrected chi connectivity index (χ1v) is 11.5. The molecule has 1 aliphatic heterocycles. The maximum absolute atomic E-state index is 10.9. The van der Waals surface area contributed by atoms with E-state index >= 15 is 0 Å². The van der Waals surface area contributed by atoms with Crippen molar-refractivity contribution in [3.63, 3.8) is 0 Å². The number of benzene rings is 3. The summed E-state index contributed by atoms with van der Waals surface area (Å²) in [5.41, 5.74) is 7.61. The Morgan fingerprint density at radius 2 is 1.64 bits per heavy atom. The highest BCUT2D eigenvalue weighted by molar-refractivity contribution is 7.80. The SMILES string of the molecule is Cc1nc(C=C2C=Nc3ccccc32)c(O)n1C(=S)N=NC(=NNc1ccccc1)c1ccccc1. The second-order valence-corrected chi connectivity index (χ2v) is 8.21. The van der Waals surface area contributed by atoms with E-state index in [4.69, 9.17) is 12.2 Å². The molecule has 8 nitrogen and oxygen atoms in total. The summed E-state index contributed by atoms with van der Waals surface area (Å²) in [6.07, 6.45) is 3.52. The molecule has 0 saturated heterocycles. The van der Waals surface area contributed by atoms with Gasteiger partial charge >= 0.3 is 0 Å². The number of thiocarbonyl (C=S) groups is 1. The molecule has 4 aromatic rings. The minimum atomic E-state index is -0.123. The summed E-state index contributed by atoms with van der Waals surface area (Å²) in [4.78, 5) is 8.87. The second-order valence-electron chi connectivity index (χ2n) is 7.84. The predicted molar refractivity (Wildman–Crippen MR) is 147 cm³/mol. The van der Waals surface area contributed by atoms with E-state index < -0.39 is 0 Å². The molecule has 2 heterocycles. The number of aryl methyl sites for hydroxylation is 1. The summed E-state index contributed by atoms with van der Waals surface area (Å²) in [5.74, 6) is 0.689. The highest BCUT2D eigenvalue weighted by Crippen LogP contribution is 2.33. The van der Waals surface area contributed by atoms with Gasteiger partial charge in [-0.25, -0.2) is 9.55 Å². The van der Waals surface area contributed by atoms with Crippen molar-refractivity contribution in [2.45, 2.75) is 6.92 Å². The molecule has 36 heavy (non-hydrogen) atoms. The van der Waals surface area contributed by atoms with Crippen molar-refractivity contribution < 1.29 is 5.11 Å². The van der Waals surface area contributed by atoms with Crippen LogP contribution in [-0.4, -0.2) is 31.8 Å². The molecule has 0 bridgehead atoms. The van der Waals surface area contributed by atoms with E-state index in [1.165, 1.54) is 4.57 Å². The van der Waals surface area contributed by atoms with Gasteiger partial charge < -0.3 is 5.11 Å². The van der Waals surface area contributed by atoms with E-state index in [1.54, 1.807) is 19.2 Å². The van der Waals surface area contributed by atoms with Crippen LogP contribution in [0, 0.1) is 6.92 Å². The number of aromatic hydroxyl groups is 1. The normalized spacial score (nSPS) is 13.9. The van der Waals surface area contributed by atoms with E-state index in [0.717, 1.165) is 28.1 Å². The Morgan fingerprint density at radius 3 is 2.42 bits per heavy atom. The maximum atomic E-state index is 10.9. The van der Waals surface area contributed by atoms with Crippen molar-refractivity contribution in [3.8, 4) is 5.88 Å². The van der Waals surface area contributed by atoms with Crippen LogP contribution in [0.1, 0.15) is 22.6 Å². The Kier molecular flexibility index (Phi) is 6.55. The van der Waals surface area contributed by atoms with Crippen molar-refractivity contribution in [3.05, 3.63) is 108 Å². The van der Waals surface area contributed by atoms with Gasteiger partial charge in [0.2, 0.25) is 16.8 Å². The van der Waals surface area contributed by atoms with Crippen LogP contribution in [0.5, 0.6) is 5.88 Å². The molecule has 0 atom stereocenters. The Balaban J connectivity index is 1.42. The van der Waals surface area contributed by atoms with Crippen LogP contribution in [-0.2, 0) is 0 Å². The van der Waals surface area contributed by atoms with Crippen molar-refractivity contribution in [1.29, 1.82) is 0 Å². The molecule has 0 amide bonds. The first-order chi connectivity index (χ1) is 17.6. The summed E-state index contributed by atoms with van der Waals surface area (Å²) in [5, 5.41) is 23.8. The van der Waals surface area contributed by atoms with Crippen LogP contribution < -0.4 is 5.43 Å². The van der Waals surface area contributed by atoms with Crippen molar-refractivity contribution in [2.75, 3.05) is 5.43 Å². The smallest absolute Gasteiger partial charge is 0.228 e. The number of aliphatic imine (C=N–C) groups is 1. The van der Waals surface area contributed by atoms with E-state index in [9.17, 15) is 5.11 Å². The fraction of sp³-hybridized carbons (Fsp3) is 0.0370. The largest absolute Gasteiger partial charge is 0.493 e. The van der Waals surface area contributed by atoms with Gasteiger partial charge in [-0.1, -0.05) is 66.7 Å². The number of hydrogen-bond donors (Lipinski definition) is 2. The van der Waals surface area contributed by atoms with Gasteiger partial charge in [-0.05, 0) is 43.4 Å². The molecule has 0 aliphatic carbocycles. The van der Waals surface area contributed by atoms with E-state index in [0.29, 0.717) is 17.4 Å². The fourth-order valence-electron chi connectivity index (χ4n) is 3.67. The average Bonchev–Trinajstić information content (AvgIpc) is 3.44. The zero-order valence-corrected chi connectivity index (χ0v) is 20.1. The summed E-state index contributed by atoms with van der Waals surface area (Å²) >= 11 is 5.48. The summed E-state index contributed by atoms with van der Waals surface area (Å²) < 4.78 is 1.37. The Labute approximate surface area is 213 Å². The third-order valence-electron chi connectivity index (χ3n) is 5.41. The van der Waals surface area contributed by atoms with Crippen molar-refractivity contribution in [2.24, 2.45) is 20.3 Å². The van der Waals surface area contributed by atoms with Gasteiger partial charge in [0.1, 0.15) is 11.5 Å². The Morgan fingerprint density at radius 1 is 0.944 bits per heavy atom. The molecule has 9 heteroatoms. The lowest BCUT2D eigenvalue weighted by Crippen LogP contribution is -2.09. The van der Waals surface area contributed by atoms with Crippen molar-refractivity contribution >= 4 is 52.4 Å². The first-order valence-electron chi connectivity index (χ1n) is 11.1. The lowest BCUT2D eigenvalue weighted by molar-refractivity contribution is 0.444. The number of imidazole rings is 1. The monoisotopic (exact) mass is 491 g/mol. The maximum Gasteiger partial charge on any atom is 0.228 e. The second kappa shape index (κ2) is 10.2. The topological polar surface area (TPSA) is 99.5 Å². The number of fused-ring (bicyclic) bond motifs is 1. The predicted octanol–water partition coefficient (Wildman–Crippen LogP) is 6.21. The number of nitrogens with zero attached hydrogens (tertiary/aromatic N) is 6. The number of rotatable bonds is 4. The minimum absolute atomic E-state index is 0.0333. The molecule has 1 aliphatic rings. The highest BCUT2D eigenvalue weighted by atomic mass is 32.1. The number of azo groups is 1. The van der Waals surface area contributed by atoms with E-state index in [2.05, 4.69) is 30.7 Å². The van der Waals surface area contributed by atoms with Crippen LogP contribution in [0.3, 0.4) is 0 Å². The fourth-order valence-corrected chi connectivity index (χ4v) is 3.93. The molecule has 5 rings (SSSR count). The van der Waals surface area contributed by atoms with Crippen LogP contribution >= 0.6 is 12.2 Å². The van der Waals surface area contributed by atoms with Gasteiger partial charge in [-0.2, -0.15) is 5.10 Å². The van der Waals surface area contributed by atoms with Gasteiger partial charge in [0, 0.05) is 22.9 Å². The molecule has 2 N–H and O–H groups in total. The first kappa shape index (κ1) is 23.0. The lowest BCUT2D eigenvalue weighted by Gasteiger charge is -2.05. The zero-order chi connectivity index (χ0) is 24.9. The summed E-state index contributed by atoms with van der Waals surface area (Å²) in [6.45, 7) is 1.74. The van der Waals surface area contributed by atoms with Crippen LogP contribution in [0.25, 0.3) is 11.6 Å². The van der Waals surface area contributed by atoms with Crippen LogP contribution in [0.15, 0.2) is 105 Å². The molecule has 1 aromatic heterocycles. The Hall–Kier alpha value is -4.76. The standard InChI is InChI=1S/C27H21N7OS/c1-18-29-24(16-20-17-28-23-15-9-8-14-22(20)23)26(35)34(18)27(36)33-32-25(19-10-4-2-5-11-19)31-30-21-12-6-3-7-13-21/h2-17,30,35H,1H3. The number of aromatic nitrogens is 2. The van der Waals surface area contributed by atoms with Gasteiger partial charge in [0.15, 0.2) is 0 Å². The van der Waals surface area contributed by atoms with Gasteiger partial charge in [0.05, 0.1) is 11.4 Å². The van der Waals surface area contributed by atoms with E-state index in [1.807, 2.05) is 84.9 Å². The molecule has 0 fully saturated rings. The third kappa shape index (κ3) is 4.86. The zero-order valence-electron chi connectivity index (χ0n) is 19.3.